The number of carbonyl (C=O) groups is 1. The normalized spacial score (nSPS) is 15.2. The van der Waals surface area contributed by atoms with E-state index < -0.39 is 0 Å². The smallest absolute Gasteiger partial charge is 0.256 e. The molecule has 1 amide bonds. The van der Waals surface area contributed by atoms with E-state index in [0.29, 0.717) is 11.3 Å². The topological polar surface area (TPSA) is 67.6 Å². The third-order valence-electron chi connectivity index (χ3n) is 4.23. The highest BCUT2D eigenvalue weighted by atomic mass is 16.5. The van der Waals surface area contributed by atoms with Crippen LogP contribution in [0.4, 0.5) is 11.4 Å². The lowest BCUT2D eigenvalue weighted by Crippen LogP contribution is -2.35. The van der Waals surface area contributed by atoms with Crippen molar-refractivity contribution in [3.63, 3.8) is 0 Å². The zero-order valence-corrected chi connectivity index (χ0v) is 13.9. The van der Waals surface area contributed by atoms with Crippen LogP contribution in [-0.4, -0.2) is 37.1 Å². The van der Waals surface area contributed by atoms with Gasteiger partial charge in [0.25, 0.3) is 5.91 Å². The van der Waals surface area contributed by atoms with E-state index in [1.54, 1.807) is 12.1 Å². The standard InChI is InChI=1S/C19H23N3O2/c1-14-2-5-16(20)12-18(14)19(23)21-17-6-3-15(4-7-17)13-22-8-10-24-11-9-22/h2-7,12H,8-11,13,20H2,1H3,(H,21,23). The molecule has 0 atom stereocenters. The molecule has 1 saturated heterocycles. The van der Waals surface area contributed by atoms with Gasteiger partial charge in [-0.2, -0.15) is 0 Å². The first-order valence-electron chi connectivity index (χ1n) is 8.18. The Hall–Kier alpha value is -2.37. The van der Waals surface area contributed by atoms with Gasteiger partial charge in [0, 0.05) is 36.6 Å². The van der Waals surface area contributed by atoms with Crippen LogP contribution in [0.5, 0.6) is 0 Å². The van der Waals surface area contributed by atoms with Crippen molar-refractivity contribution in [3.8, 4) is 0 Å². The first-order chi connectivity index (χ1) is 11.6. The zero-order valence-electron chi connectivity index (χ0n) is 13.9. The van der Waals surface area contributed by atoms with Crippen molar-refractivity contribution in [2.75, 3.05) is 37.4 Å². The molecule has 1 fully saturated rings. The van der Waals surface area contributed by atoms with E-state index in [1.165, 1.54) is 5.56 Å². The minimum atomic E-state index is -0.138. The summed E-state index contributed by atoms with van der Waals surface area (Å²) in [4.78, 5) is 14.8. The number of amides is 1. The number of ether oxygens (including phenoxy) is 1. The minimum absolute atomic E-state index is 0.138. The van der Waals surface area contributed by atoms with Gasteiger partial charge in [-0.25, -0.2) is 0 Å². The van der Waals surface area contributed by atoms with E-state index in [-0.39, 0.29) is 5.91 Å². The molecular weight excluding hydrogens is 302 g/mol. The molecule has 0 aromatic heterocycles. The van der Waals surface area contributed by atoms with Crippen molar-refractivity contribution in [3.05, 3.63) is 59.2 Å². The number of nitrogens with zero attached hydrogens (tertiary/aromatic N) is 1. The fraction of sp³-hybridized carbons (Fsp3) is 0.316. The Labute approximate surface area is 142 Å². The molecule has 0 saturated carbocycles. The van der Waals surface area contributed by atoms with Crippen LogP contribution in [0.3, 0.4) is 0 Å². The van der Waals surface area contributed by atoms with Crippen molar-refractivity contribution in [1.82, 2.24) is 4.90 Å². The van der Waals surface area contributed by atoms with Gasteiger partial charge < -0.3 is 15.8 Å². The van der Waals surface area contributed by atoms with Crippen LogP contribution in [0.1, 0.15) is 21.5 Å². The molecule has 1 aliphatic rings. The summed E-state index contributed by atoms with van der Waals surface area (Å²) in [7, 11) is 0. The third-order valence-corrected chi connectivity index (χ3v) is 4.23. The highest BCUT2D eigenvalue weighted by molar-refractivity contribution is 6.05. The van der Waals surface area contributed by atoms with E-state index in [4.69, 9.17) is 10.5 Å². The number of hydrogen-bond donors (Lipinski definition) is 2. The summed E-state index contributed by atoms with van der Waals surface area (Å²) in [5.74, 6) is -0.138. The van der Waals surface area contributed by atoms with Gasteiger partial charge in [0.15, 0.2) is 0 Å². The SMILES string of the molecule is Cc1ccc(N)cc1C(=O)Nc1ccc(CN2CCOCC2)cc1. The molecule has 24 heavy (non-hydrogen) atoms. The molecule has 0 bridgehead atoms. The van der Waals surface area contributed by atoms with Crippen molar-refractivity contribution in [1.29, 1.82) is 0 Å². The van der Waals surface area contributed by atoms with Gasteiger partial charge in [-0.05, 0) is 42.3 Å². The van der Waals surface area contributed by atoms with Gasteiger partial charge in [-0.15, -0.1) is 0 Å². The maximum Gasteiger partial charge on any atom is 0.256 e. The van der Waals surface area contributed by atoms with Crippen LogP contribution in [0.15, 0.2) is 42.5 Å². The quantitative estimate of drug-likeness (QED) is 0.848. The molecule has 3 rings (SSSR count). The summed E-state index contributed by atoms with van der Waals surface area (Å²) in [6, 6.07) is 13.3. The molecule has 2 aromatic rings. The second-order valence-electron chi connectivity index (χ2n) is 6.11. The van der Waals surface area contributed by atoms with Gasteiger partial charge >= 0.3 is 0 Å². The van der Waals surface area contributed by atoms with E-state index >= 15 is 0 Å². The predicted molar refractivity (Wildman–Crippen MR) is 96.1 cm³/mol. The number of rotatable bonds is 4. The Morgan fingerprint density at radius 3 is 2.58 bits per heavy atom. The molecule has 3 N–H and O–H groups in total. The van der Waals surface area contributed by atoms with Gasteiger partial charge in [0.1, 0.15) is 0 Å². The number of nitrogens with two attached hydrogens (primary N) is 1. The summed E-state index contributed by atoms with van der Waals surface area (Å²) < 4.78 is 5.36. The number of nitrogen functional groups attached to an aromatic ring is 1. The second kappa shape index (κ2) is 7.47. The number of nitrogens with one attached hydrogen (secondary N) is 1. The van der Waals surface area contributed by atoms with Crippen molar-refractivity contribution >= 4 is 17.3 Å². The number of aryl methyl sites for hydroxylation is 1. The summed E-state index contributed by atoms with van der Waals surface area (Å²) in [5.41, 5.74) is 9.89. The molecule has 126 valence electrons. The predicted octanol–water partition coefficient (Wildman–Crippen LogP) is 2.66. The third kappa shape index (κ3) is 4.13. The second-order valence-corrected chi connectivity index (χ2v) is 6.11. The lowest BCUT2D eigenvalue weighted by atomic mass is 10.1. The average molecular weight is 325 g/mol. The van der Waals surface area contributed by atoms with E-state index in [9.17, 15) is 4.79 Å². The van der Waals surface area contributed by atoms with Crippen LogP contribution < -0.4 is 11.1 Å². The Morgan fingerprint density at radius 2 is 1.88 bits per heavy atom. The van der Waals surface area contributed by atoms with Crippen LogP contribution in [0.25, 0.3) is 0 Å². The van der Waals surface area contributed by atoms with Crippen LogP contribution in [-0.2, 0) is 11.3 Å². The van der Waals surface area contributed by atoms with Crippen LogP contribution in [0.2, 0.25) is 0 Å². The highest BCUT2D eigenvalue weighted by Gasteiger charge is 2.12. The monoisotopic (exact) mass is 325 g/mol. The summed E-state index contributed by atoms with van der Waals surface area (Å²) >= 11 is 0. The highest BCUT2D eigenvalue weighted by Crippen LogP contribution is 2.17. The molecule has 0 aliphatic carbocycles. The molecule has 1 heterocycles. The lowest BCUT2D eigenvalue weighted by Gasteiger charge is -2.26. The van der Waals surface area contributed by atoms with E-state index in [2.05, 4.69) is 22.3 Å². The number of carbonyl (C=O) groups excluding carboxylic acids is 1. The molecule has 5 heteroatoms. The summed E-state index contributed by atoms with van der Waals surface area (Å²) in [6.07, 6.45) is 0. The summed E-state index contributed by atoms with van der Waals surface area (Å²) in [6.45, 7) is 6.34. The van der Waals surface area contributed by atoms with Gasteiger partial charge in [-0.3, -0.25) is 9.69 Å². The Balaban J connectivity index is 1.63. The molecule has 5 nitrogen and oxygen atoms in total. The number of anilines is 2. The maximum absolute atomic E-state index is 12.4. The lowest BCUT2D eigenvalue weighted by molar-refractivity contribution is 0.0342. The zero-order chi connectivity index (χ0) is 16.9. The van der Waals surface area contributed by atoms with Gasteiger partial charge in [-0.1, -0.05) is 18.2 Å². The Morgan fingerprint density at radius 1 is 1.17 bits per heavy atom. The average Bonchev–Trinajstić information content (AvgIpc) is 2.59. The fourth-order valence-electron chi connectivity index (χ4n) is 2.79. The fourth-order valence-corrected chi connectivity index (χ4v) is 2.79. The van der Waals surface area contributed by atoms with Crippen molar-refractivity contribution in [2.45, 2.75) is 13.5 Å². The van der Waals surface area contributed by atoms with E-state index in [0.717, 1.165) is 44.1 Å². The molecule has 1 aliphatic heterocycles. The van der Waals surface area contributed by atoms with E-state index in [1.807, 2.05) is 25.1 Å². The number of benzene rings is 2. The van der Waals surface area contributed by atoms with Gasteiger partial charge in [0.05, 0.1) is 13.2 Å². The van der Waals surface area contributed by atoms with Crippen LogP contribution in [0, 0.1) is 6.92 Å². The number of morpholine rings is 1. The minimum Gasteiger partial charge on any atom is -0.399 e. The Kier molecular flexibility index (Phi) is 5.13. The largest absolute Gasteiger partial charge is 0.399 e. The van der Waals surface area contributed by atoms with Crippen molar-refractivity contribution in [2.24, 2.45) is 0 Å². The van der Waals surface area contributed by atoms with Crippen molar-refractivity contribution < 1.29 is 9.53 Å². The molecule has 2 aromatic carbocycles. The van der Waals surface area contributed by atoms with Crippen LogP contribution >= 0.6 is 0 Å². The number of hydrogen-bond acceptors (Lipinski definition) is 4. The molecule has 0 unspecified atom stereocenters. The summed E-state index contributed by atoms with van der Waals surface area (Å²) in [5, 5.41) is 2.93. The first-order valence-corrected chi connectivity index (χ1v) is 8.18. The molecule has 0 spiro atoms. The van der Waals surface area contributed by atoms with Gasteiger partial charge in [0.2, 0.25) is 0 Å². The Bertz CT molecular complexity index is 707. The molecular formula is C19H23N3O2. The molecule has 0 radical (unpaired) electrons. The maximum atomic E-state index is 12.4. The first kappa shape index (κ1) is 16.5.